The minimum atomic E-state index is -0.733. The molecule has 0 N–H and O–H groups in total. The lowest BCUT2D eigenvalue weighted by molar-refractivity contribution is 0.357. The van der Waals surface area contributed by atoms with Crippen molar-refractivity contribution in [3.05, 3.63) is 53.1 Å². The summed E-state index contributed by atoms with van der Waals surface area (Å²) in [4.78, 5) is 0. The first-order valence-corrected chi connectivity index (χ1v) is 7.37. The monoisotopic (exact) mass is 276 g/mol. The Kier molecular flexibility index (Phi) is 5.11. The fourth-order valence-corrected chi connectivity index (χ4v) is 2.83. The number of hydrogen-bond acceptors (Lipinski definition) is 0. The summed E-state index contributed by atoms with van der Waals surface area (Å²) in [6.45, 7) is 3.63. The van der Waals surface area contributed by atoms with Crippen LogP contribution in [-0.2, 0) is 0 Å². The number of rotatable bonds is 3. The predicted molar refractivity (Wildman–Crippen MR) is 80.4 cm³/mol. The van der Waals surface area contributed by atoms with Gasteiger partial charge in [-0.15, -0.1) is 0 Å². The highest BCUT2D eigenvalue weighted by Gasteiger charge is 2.17. The predicted octanol–water partition coefficient (Wildman–Crippen LogP) is 5.67. The average Bonchev–Trinajstić information content (AvgIpc) is 2.46. The van der Waals surface area contributed by atoms with Crippen LogP contribution >= 0.6 is 0 Å². The minimum Gasteiger partial charge on any atom is -0.203 e. The van der Waals surface area contributed by atoms with Crippen molar-refractivity contribution in [3.8, 4) is 0 Å². The van der Waals surface area contributed by atoms with Crippen molar-refractivity contribution in [1.82, 2.24) is 0 Å². The molecule has 1 fully saturated rings. The van der Waals surface area contributed by atoms with Crippen LogP contribution in [0.25, 0.3) is 6.08 Å². The molecule has 1 saturated carbocycles. The normalized spacial score (nSPS) is 23.8. The minimum absolute atomic E-state index is 0.351. The molecule has 20 heavy (non-hydrogen) atoms. The van der Waals surface area contributed by atoms with E-state index in [1.165, 1.54) is 12.8 Å². The zero-order valence-electron chi connectivity index (χ0n) is 12.2. The van der Waals surface area contributed by atoms with Crippen molar-refractivity contribution >= 4 is 6.08 Å². The third-order valence-corrected chi connectivity index (χ3v) is 4.13. The highest BCUT2D eigenvalue weighted by molar-refractivity contribution is 5.51. The van der Waals surface area contributed by atoms with Crippen molar-refractivity contribution in [1.29, 1.82) is 0 Å². The van der Waals surface area contributed by atoms with Crippen molar-refractivity contribution in [2.45, 2.75) is 39.5 Å². The van der Waals surface area contributed by atoms with Crippen molar-refractivity contribution in [2.75, 3.05) is 0 Å². The lowest BCUT2D eigenvalue weighted by atomic mass is 9.81. The van der Waals surface area contributed by atoms with Gasteiger partial charge >= 0.3 is 0 Å². The molecule has 0 amide bonds. The van der Waals surface area contributed by atoms with E-state index in [1.54, 1.807) is 25.1 Å². The molecule has 0 nitrogen and oxygen atoms in total. The fraction of sp³-hybridized carbons (Fsp3) is 0.444. The van der Waals surface area contributed by atoms with Gasteiger partial charge in [0, 0.05) is 5.56 Å². The first kappa shape index (κ1) is 15.0. The Labute approximate surface area is 120 Å². The average molecular weight is 276 g/mol. The van der Waals surface area contributed by atoms with Crippen LogP contribution < -0.4 is 0 Å². The molecular weight excluding hydrogens is 254 g/mol. The van der Waals surface area contributed by atoms with Crippen LogP contribution in [0.5, 0.6) is 0 Å². The summed E-state index contributed by atoms with van der Waals surface area (Å²) in [6.07, 6.45) is 12.8. The van der Waals surface area contributed by atoms with E-state index in [0.717, 1.165) is 12.8 Å². The highest BCUT2D eigenvalue weighted by atomic mass is 19.2. The number of hydrogen-bond donors (Lipinski definition) is 0. The van der Waals surface area contributed by atoms with Crippen LogP contribution in [0.15, 0.2) is 30.4 Å². The molecule has 0 bridgehead atoms. The Morgan fingerprint density at radius 3 is 2.15 bits per heavy atom. The van der Waals surface area contributed by atoms with Crippen LogP contribution in [0.1, 0.15) is 43.7 Å². The molecule has 1 aromatic rings. The van der Waals surface area contributed by atoms with Gasteiger partial charge in [0.2, 0.25) is 0 Å². The number of benzene rings is 1. The molecule has 0 unspecified atom stereocenters. The molecule has 0 atom stereocenters. The van der Waals surface area contributed by atoms with Crippen LogP contribution in [-0.4, -0.2) is 0 Å². The quantitative estimate of drug-likeness (QED) is 0.624. The van der Waals surface area contributed by atoms with Crippen LogP contribution in [0.4, 0.5) is 8.78 Å². The van der Waals surface area contributed by atoms with Gasteiger partial charge in [0.1, 0.15) is 0 Å². The van der Waals surface area contributed by atoms with E-state index in [2.05, 4.69) is 19.1 Å². The maximum atomic E-state index is 13.7. The van der Waals surface area contributed by atoms with E-state index in [0.29, 0.717) is 23.0 Å². The smallest absolute Gasteiger partial charge is 0.166 e. The zero-order valence-corrected chi connectivity index (χ0v) is 12.2. The highest BCUT2D eigenvalue weighted by Crippen LogP contribution is 2.31. The standard InChI is InChI=1S/C18H22F2/c1-3-4-14-6-8-15(9-7-14)10-12-16-11-5-13(2)17(19)18(16)20/h3-5,10-12,14-15H,6-9H2,1-2H3/b4-3+,12-10+. The van der Waals surface area contributed by atoms with Gasteiger partial charge in [-0.05, 0) is 56.9 Å². The fourth-order valence-electron chi connectivity index (χ4n) is 2.83. The van der Waals surface area contributed by atoms with Gasteiger partial charge in [-0.3, -0.25) is 0 Å². The molecule has 0 radical (unpaired) electrons. The lowest BCUT2D eigenvalue weighted by Gasteiger charge is -2.24. The van der Waals surface area contributed by atoms with Crippen LogP contribution in [0.2, 0.25) is 0 Å². The topological polar surface area (TPSA) is 0 Å². The molecule has 0 saturated heterocycles. The van der Waals surface area contributed by atoms with Crippen molar-refractivity contribution < 1.29 is 8.78 Å². The maximum absolute atomic E-state index is 13.7. The SMILES string of the molecule is C/C=C/C1CCC(/C=C/c2ccc(C)c(F)c2F)CC1. The second-order valence-corrected chi connectivity index (χ2v) is 5.66. The molecule has 1 aliphatic carbocycles. The van der Waals surface area contributed by atoms with Gasteiger partial charge in [0.05, 0.1) is 0 Å². The van der Waals surface area contributed by atoms with Crippen molar-refractivity contribution in [3.63, 3.8) is 0 Å². The molecule has 2 heteroatoms. The molecule has 0 heterocycles. The van der Waals surface area contributed by atoms with Gasteiger partial charge in [0.15, 0.2) is 11.6 Å². The zero-order chi connectivity index (χ0) is 14.5. The van der Waals surface area contributed by atoms with Gasteiger partial charge in [-0.25, -0.2) is 8.78 Å². The second kappa shape index (κ2) is 6.83. The Hall–Kier alpha value is -1.44. The summed E-state index contributed by atoms with van der Waals surface area (Å²) in [5.74, 6) is -0.286. The maximum Gasteiger partial charge on any atom is 0.166 e. The summed E-state index contributed by atoms with van der Waals surface area (Å²) in [5, 5.41) is 0. The summed E-state index contributed by atoms with van der Waals surface area (Å²) < 4.78 is 27.2. The molecule has 0 aromatic heterocycles. The van der Waals surface area contributed by atoms with E-state index in [-0.39, 0.29) is 0 Å². The Morgan fingerprint density at radius 1 is 0.950 bits per heavy atom. The van der Waals surface area contributed by atoms with Crippen molar-refractivity contribution in [2.24, 2.45) is 11.8 Å². The number of halogens is 2. The Morgan fingerprint density at radius 2 is 1.55 bits per heavy atom. The second-order valence-electron chi connectivity index (χ2n) is 5.66. The van der Waals surface area contributed by atoms with Crippen LogP contribution in [0, 0.1) is 30.4 Å². The van der Waals surface area contributed by atoms with Gasteiger partial charge in [0.25, 0.3) is 0 Å². The van der Waals surface area contributed by atoms with Gasteiger partial charge < -0.3 is 0 Å². The summed E-state index contributed by atoms with van der Waals surface area (Å²) in [6, 6.07) is 3.27. The molecule has 108 valence electrons. The van der Waals surface area contributed by atoms with Crippen LogP contribution in [0.3, 0.4) is 0 Å². The molecule has 1 aliphatic rings. The summed E-state index contributed by atoms with van der Waals surface area (Å²) in [7, 11) is 0. The van der Waals surface area contributed by atoms with E-state index in [9.17, 15) is 8.78 Å². The first-order chi connectivity index (χ1) is 9.61. The number of allylic oxidation sites excluding steroid dienone is 3. The van der Waals surface area contributed by atoms with Gasteiger partial charge in [-0.2, -0.15) is 0 Å². The third kappa shape index (κ3) is 3.56. The molecule has 0 spiro atoms. The van der Waals surface area contributed by atoms with E-state index in [1.807, 2.05) is 6.08 Å². The van der Waals surface area contributed by atoms with E-state index >= 15 is 0 Å². The number of aryl methyl sites for hydroxylation is 1. The first-order valence-electron chi connectivity index (χ1n) is 7.37. The Bertz CT molecular complexity index is 506. The summed E-state index contributed by atoms with van der Waals surface area (Å²) >= 11 is 0. The molecular formula is C18H22F2. The largest absolute Gasteiger partial charge is 0.203 e. The van der Waals surface area contributed by atoms with E-state index < -0.39 is 11.6 Å². The summed E-state index contributed by atoms with van der Waals surface area (Å²) in [5.41, 5.74) is 0.704. The lowest BCUT2D eigenvalue weighted by Crippen LogP contribution is -2.11. The molecule has 0 aliphatic heterocycles. The third-order valence-electron chi connectivity index (χ3n) is 4.13. The molecule has 1 aromatic carbocycles. The van der Waals surface area contributed by atoms with E-state index in [4.69, 9.17) is 0 Å². The van der Waals surface area contributed by atoms with Gasteiger partial charge in [-0.1, -0.05) is 36.4 Å². The molecule has 2 rings (SSSR count). The Balaban J connectivity index is 1.99.